The second-order valence-electron chi connectivity index (χ2n) is 3.71. The Bertz CT molecular complexity index is 362. The molecule has 0 aliphatic carbocycles. The molecule has 2 nitrogen and oxygen atoms in total. The number of halogens is 2. The fraction of sp³-hybridized carbons (Fsp3) is 0.455. The Morgan fingerprint density at radius 2 is 2.27 bits per heavy atom. The largest absolute Gasteiger partial charge is 0.494 e. The van der Waals surface area contributed by atoms with Crippen molar-refractivity contribution >= 4 is 0 Å². The van der Waals surface area contributed by atoms with E-state index >= 15 is 0 Å². The molecule has 1 aromatic rings. The van der Waals surface area contributed by atoms with Gasteiger partial charge in [-0.2, -0.15) is 0 Å². The van der Waals surface area contributed by atoms with Crippen molar-refractivity contribution in [2.24, 2.45) is 0 Å². The first-order valence-electron chi connectivity index (χ1n) is 4.90. The summed E-state index contributed by atoms with van der Waals surface area (Å²) in [5.41, 5.74) is -1.51. The minimum atomic E-state index is -1.60. The van der Waals surface area contributed by atoms with E-state index < -0.39 is 11.5 Å². The number of methoxy groups -OCH3 is 1. The van der Waals surface area contributed by atoms with Crippen molar-refractivity contribution in [2.75, 3.05) is 20.2 Å². The van der Waals surface area contributed by atoms with Gasteiger partial charge in [-0.25, -0.2) is 8.78 Å². The molecule has 1 atom stereocenters. The third-order valence-corrected chi connectivity index (χ3v) is 2.77. The lowest BCUT2D eigenvalue weighted by Crippen LogP contribution is -2.24. The molecule has 1 fully saturated rings. The van der Waals surface area contributed by atoms with Gasteiger partial charge in [0.25, 0.3) is 0 Å². The number of hydrogen-bond donors (Lipinski definition) is 1. The first-order valence-corrected chi connectivity index (χ1v) is 4.90. The normalized spacial score (nSPS) is 25.5. The number of alkyl halides is 1. The van der Waals surface area contributed by atoms with Crippen LogP contribution in [0.25, 0.3) is 0 Å². The summed E-state index contributed by atoms with van der Waals surface area (Å²) in [4.78, 5) is 0. The maximum atomic E-state index is 14.3. The van der Waals surface area contributed by atoms with Crippen LogP contribution in [0.3, 0.4) is 0 Å². The number of ether oxygens (including phenoxy) is 1. The Labute approximate surface area is 87.2 Å². The van der Waals surface area contributed by atoms with Crippen molar-refractivity contribution in [1.29, 1.82) is 0 Å². The van der Waals surface area contributed by atoms with Crippen molar-refractivity contribution < 1.29 is 13.5 Å². The van der Waals surface area contributed by atoms with E-state index in [1.165, 1.54) is 19.2 Å². The summed E-state index contributed by atoms with van der Waals surface area (Å²) in [6.45, 7) is 0.740. The summed E-state index contributed by atoms with van der Waals surface area (Å²) in [5, 5.41) is 2.89. The van der Waals surface area contributed by atoms with Crippen LogP contribution in [0, 0.1) is 5.82 Å². The average Bonchev–Trinajstić information content (AvgIpc) is 2.66. The molecule has 4 heteroatoms. The van der Waals surface area contributed by atoms with Crippen LogP contribution in [0.2, 0.25) is 0 Å². The Kier molecular flexibility index (Phi) is 2.61. The summed E-state index contributed by atoms with van der Waals surface area (Å²) in [5.74, 6) is -0.498. The Balaban J connectivity index is 2.43. The van der Waals surface area contributed by atoms with Gasteiger partial charge in [-0.3, -0.25) is 0 Å². The highest BCUT2D eigenvalue weighted by Crippen LogP contribution is 2.36. The van der Waals surface area contributed by atoms with Gasteiger partial charge in [-0.05, 0) is 19.0 Å². The number of hydrogen-bond acceptors (Lipinski definition) is 2. The van der Waals surface area contributed by atoms with Crippen molar-refractivity contribution in [1.82, 2.24) is 5.32 Å². The van der Waals surface area contributed by atoms with Gasteiger partial charge in [0, 0.05) is 12.1 Å². The van der Waals surface area contributed by atoms with Crippen LogP contribution in [0.1, 0.15) is 12.0 Å². The summed E-state index contributed by atoms with van der Waals surface area (Å²) >= 11 is 0. The zero-order chi connectivity index (χ0) is 10.9. The molecular weight excluding hydrogens is 200 g/mol. The predicted molar refractivity (Wildman–Crippen MR) is 53.2 cm³/mol. The smallest absolute Gasteiger partial charge is 0.171 e. The predicted octanol–water partition coefficient (Wildman–Crippen LogP) is 1.99. The second-order valence-corrected chi connectivity index (χ2v) is 3.71. The second kappa shape index (κ2) is 3.77. The molecule has 0 saturated carbocycles. The van der Waals surface area contributed by atoms with Gasteiger partial charge >= 0.3 is 0 Å². The van der Waals surface area contributed by atoms with Crippen LogP contribution in [0.5, 0.6) is 5.75 Å². The van der Waals surface area contributed by atoms with E-state index in [2.05, 4.69) is 5.32 Å². The molecule has 1 heterocycles. The maximum absolute atomic E-state index is 14.3. The zero-order valence-electron chi connectivity index (χ0n) is 8.52. The SMILES string of the molecule is COc1cccc(C2(F)CCNC2)c1F. The van der Waals surface area contributed by atoms with Gasteiger partial charge in [-0.1, -0.05) is 12.1 Å². The zero-order valence-corrected chi connectivity index (χ0v) is 8.52. The molecule has 0 radical (unpaired) electrons. The van der Waals surface area contributed by atoms with Crippen LogP contribution in [0.4, 0.5) is 8.78 Å². The van der Waals surface area contributed by atoms with Crippen LogP contribution in [-0.4, -0.2) is 20.2 Å². The number of benzene rings is 1. The molecule has 1 saturated heterocycles. The molecule has 0 aromatic heterocycles. The molecular formula is C11H13F2NO. The van der Waals surface area contributed by atoms with E-state index in [0.29, 0.717) is 13.0 Å². The fourth-order valence-corrected chi connectivity index (χ4v) is 1.91. The molecule has 2 rings (SSSR count). The van der Waals surface area contributed by atoms with Gasteiger partial charge < -0.3 is 10.1 Å². The summed E-state index contributed by atoms with van der Waals surface area (Å²) in [6.07, 6.45) is 0.303. The minimum absolute atomic E-state index is 0.0897. The Hall–Kier alpha value is -1.16. The van der Waals surface area contributed by atoms with E-state index in [0.717, 1.165) is 0 Å². The summed E-state index contributed by atoms with van der Waals surface area (Å²) in [7, 11) is 1.37. The molecule has 1 unspecified atom stereocenters. The molecule has 0 amide bonds. The van der Waals surface area contributed by atoms with E-state index in [-0.39, 0.29) is 17.9 Å². The van der Waals surface area contributed by atoms with Crippen molar-refractivity contribution in [3.05, 3.63) is 29.6 Å². The minimum Gasteiger partial charge on any atom is -0.494 e. The highest BCUT2D eigenvalue weighted by Gasteiger charge is 2.38. The van der Waals surface area contributed by atoms with Crippen LogP contribution in [0.15, 0.2) is 18.2 Å². The summed E-state index contributed by atoms with van der Waals surface area (Å²) < 4.78 is 32.9. The number of rotatable bonds is 2. The lowest BCUT2D eigenvalue weighted by atomic mass is 9.94. The summed E-state index contributed by atoms with van der Waals surface area (Å²) in [6, 6.07) is 4.58. The van der Waals surface area contributed by atoms with Crippen LogP contribution >= 0.6 is 0 Å². The van der Waals surface area contributed by atoms with Gasteiger partial charge in [0.2, 0.25) is 0 Å². The molecule has 1 aromatic carbocycles. The molecule has 1 N–H and O–H groups in total. The molecule has 0 bridgehead atoms. The standard InChI is InChI=1S/C11H13F2NO/c1-15-9-4-2-3-8(10(9)12)11(13)5-6-14-7-11/h2-4,14H,5-7H2,1H3. The van der Waals surface area contributed by atoms with Gasteiger partial charge in [0.15, 0.2) is 17.2 Å². The van der Waals surface area contributed by atoms with Gasteiger partial charge in [-0.15, -0.1) is 0 Å². The third kappa shape index (κ3) is 1.69. The lowest BCUT2D eigenvalue weighted by molar-refractivity contribution is 0.185. The lowest BCUT2D eigenvalue weighted by Gasteiger charge is -2.20. The quantitative estimate of drug-likeness (QED) is 0.811. The first kappa shape index (κ1) is 10.4. The highest BCUT2D eigenvalue weighted by molar-refractivity contribution is 5.35. The van der Waals surface area contributed by atoms with Gasteiger partial charge in [0.1, 0.15) is 0 Å². The molecule has 82 valence electrons. The Morgan fingerprint density at radius 3 is 2.87 bits per heavy atom. The first-order chi connectivity index (χ1) is 7.17. The van der Waals surface area contributed by atoms with Crippen molar-refractivity contribution in [2.45, 2.75) is 12.1 Å². The van der Waals surface area contributed by atoms with E-state index in [9.17, 15) is 8.78 Å². The fourth-order valence-electron chi connectivity index (χ4n) is 1.91. The van der Waals surface area contributed by atoms with Crippen LogP contribution < -0.4 is 10.1 Å². The van der Waals surface area contributed by atoms with Crippen molar-refractivity contribution in [3.8, 4) is 5.75 Å². The van der Waals surface area contributed by atoms with E-state index in [1.807, 2.05) is 0 Å². The third-order valence-electron chi connectivity index (χ3n) is 2.77. The number of nitrogens with one attached hydrogen (secondary N) is 1. The Morgan fingerprint density at radius 1 is 1.47 bits per heavy atom. The topological polar surface area (TPSA) is 21.3 Å². The maximum Gasteiger partial charge on any atom is 0.171 e. The van der Waals surface area contributed by atoms with Crippen LogP contribution in [-0.2, 0) is 5.67 Å². The van der Waals surface area contributed by atoms with Gasteiger partial charge in [0.05, 0.1) is 7.11 Å². The monoisotopic (exact) mass is 213 g/mol. The average molecular weight is 213 g/mol. The molecule has 0 spiro atoms. The van der Waals surface area contributed by atoms with E-state index in [1.54, 1.807) is 6.07 Å². The highest BCUT2D eigenvalue weighted by atomic mass is 19.1. The molecule has 1 aliphatic rings. The van der Waals surface area contributed by atoms with E-state index in [4.69, 9.17) is 4.74 Å². The molecule has 1 aliphatic heterocycles. The molecule has 15 heavy (non-hydrogen) atoms. The van der Waals surface area contributed by atoms with Crippen molar-refractivity contribution in [3.63, 3.8) is 0 Å².